The molecule has 2 unspecified atom stereocenters. The van der Waals surface area contributed by atoms with Gasteiger partial charge in [0, 0.05) is 18.1 Å². The molecule has 18 heavy (non-hydrogen) atoms. The Morgan fingerprint density at radius 3 is 2.78 bits per heavy atom. The number of rotatable bonds is 5. The fraction of sp³-hybridized carbons (Fsp3) is 1.00. The fourth-order valence-corrected chi connectivity index (χ4v) is 3.84. The van der Waals surface area contributed by atoms with Gasteiger partial charge in [-0.25, -0.2) is 0 Å². The lowest BCUT2D eigenvalue weighted by atomic mass is 9.83. The number of likely N-dealkylation sites (tertiary alicyclic amines) is 1. The second kappa shape index (κ2) is 6.38. The Balaban J connectivity index is 1.78. The standard InChI is InChI=1S/C16H32N2/c1-4-16(9-6-11-17-16)10-8-15-7-5-12-18(13-15)14(2)3/h14-15,17H,4-13H2,1-3H3. The first-order valence-electron chi connectivity index (χ1n) is 8.14. The van der Waals surface area contributed by atoms with Crippen molar-refractivity contribution >= 4 is 0 Å². The highest BCUT2D eigenvalue weighted by Gasteiger charge is 2.32. The maximum atomic E-state index is 3.78. The van der Waals surface area contributed by atoms with Crippen LogP contribution in [0.5, 0.6) is 0 Å². The summed E-state index contributed by atoms with van der Waals surface area (Å²) in [4.78, 5) is 2.68. The second-order valence-electron chi connectivity index (χ2n) is 6.80. The Kier molecular flexibility index (Phi) is 5.08. The lowest BCUT2D eigenvalue weighted by Crippen LogP contribution is -2.42. The van der Waals surface area contributed by atoms with Crippen molar-refractivity contribution in [3.05, 3.63) is 0 Å². The molecule has 0 aromatic carbocycles. The van der Waals surface area contributed by atoms with Gasteiger partial charge in [0.1, 0.15) is 0 Å². The van der Waals surface area contributed by atoms with Crippen LogP contribution in [0.2, 0.25) is 0 Å². The Bertz CT molecular complexity index is 243. The van der Waals surface area contributed by atoms with Gasteiger partial charge >= 0.3 is 0 Å². The maximum absolute atomic E-state index is 3.78. The first-order chi connectivity index (χ1) is 8.65. The van der Waals surface area contributed by atoms with Crippen molar-refractivity contribution in [3.8, 4) is 0 Å². The molecule has 2 nitrogen and oxygen atoms in total. The van der Waals surface area contributed by atoms with E-state index < -0.39 is 0 Å². The zero-order chi connectivity index (χ0) is 13.0. The van der Waals surface area contributed by atoms with Gasteiger partial charge in [-0.3, -0.25) is 0 Å². The van der Waals surface area contributed by atoms with Gasteiger partial charge in [0.05, 0.1) is 0 Å². The van der Waals surface area contributed by atoms with Crippen molar-refractivity contribution in [1.82, 2.24) is 10.2 Å². The largest absolute Gasteiger partial charge is 0.311 e. The van der Waals surface area contributed by atoms with Crippen LogP contribution in [-0.2, 0) is 0 Å². The monoisotopic (exact) mass is 252 g/mol. The van der Waals surface area contributed by atoms with Crippen LogP contribution < -0.4 is 5.32 Å². The molecule has 0 aromatic rings. The minimum Gasteiger partial charge on any atom is -0.311 e. The van der Waals surface area contributed by atoms with Crippen molar-refractivity contribution < 1.29 is 0 Å². The van der Waals surface area contributed by atoms with Gasteiger partial charge in [-0.2, -0.15) is 0 Å². The normalized spacial score (nSPS) is 34.3. The molecule has 0 aromatic heterocycles. The summed E-state index contributed by atoms with van der Waals surface area (Å²) in [7, 11) is 0. The molecule has 2 atom stereocenters. The molecule has 2 aliphatic heterocycles. The van der Waals surface area contributed by atoms with Gasteiger partial charge in [-0.15, -0.1) is 0 Å². The van der Waals surface area contributed by atoms with Crippen molar-refractivity contribution in [2.45, 2.75) is 77.3 Å². The lowest BCUT2D eigenvalue weighted by molar-refractivity contribution is 0.127. The average molecular weight is 252 g/mol. The molecule has 0 aliphatic carbocycles. The van der Waals surface area contributed by atoms with E-state index in [9.17, 15) is 0 Å². The molecule has 1 N–H and O–H groups in total. The van der Waals surface area contributed by atoms with E-state index in [1.807, 2.05) is 0 Å². The molecule has 2 saturated heterocycles. The smallest absolute Gasteiger partial charge is 0.0179 e. The van der Waals surface area contributed by atoms with E-state index in [1.54, 1.807) is 0 Å². The van der Waals surface area contributed by atoms with Crippen LogP contribution >= 0.6 is 0 Å². The van der Waals surface area contributed by atoms with Crippen molar-refractivity contribution in [3.63, 3.8) is 0 Å². The molecular weight excluding hydrogens is 220 g/mol. The van der Waals surface area contributed by atoms with Crippen LogP contribution in [0.3, 0.4) is 0 Å². The minimum absolute atomic E-state index is 0.500. The quantitative estimate of drug-likeness (QED) is 0.806. The molecule has 0 bridgehead atoms. The summed E-state index contributed by atoms with van der Waals surface area (Å²) in [6.07, 6.45) is 9.82. The molecule has 0 spiro atoms. The summed E-state index contributed by atoms with van der Waals surface area (Å²) in [6.45, 7) is 11.0. The molecule has 0 saturated carbocycles. The Morgan fingerprint density at radius 1 is 1.33 bits per heavy atom. The van der Waals surface area contributed by atoms with Crippen LogP contribution in [0, 0.1) is 5.92 Å². The van der Waals surface area contributed by atoms with Crippen molar-refractivity contribution in [2.24, 2.45) is 5.92 Å². The lowest BCUT2D eigenvalue weighted by Gasteiger charge is -2.37. The van der Waals surface area contributed by atoms with Crippen LogP contribution in [0.1, 0.15) is 65.7 Å². The van der Waals surface area contributed by atoms with E-state index in [0.29, 0.717) is 5.54 Å². The predicted molar refractivity (Wildman–Crippen MR) is 78.9 cm³/mol. The third-order valence-corrected chi connectivity index (χ3v) is 5.32. The molecule has 2 rings (SSSR count). The summed E-state index contributed by atoms with van der Waals surface area (Å²) in [5, 5.41) is 3.78. The number of hydrogen-bond donors (Lipinski definition) is 1. The molecule has 2 aliphatic rings. The molecule has 2 fully saturated rings. The summed E-state index contributed by atoms with van der Waals surface area (Å²) < 4.78 is 0. The van der Waals surface area contributed by atoms with Gasteiger partial charge in [0.15, 0.2) is 0 Å². The van der Waals surface area contributed by atoms with Crippen LogP contribution in [0.25, 0.3) is 0 Å². The van der Waals surface area contributed by atoms with Gasteiger partial charge in [-0.05, 0) is 77.8 Å². The number of nitrogens with zero attached hydrogens (tertiary/aromatic N) is 1. The third-order valence-electron chi connectivity index (χ3n) is 5.32. The minimum atomic E-state index is 0.500. The summed E-state index contributed by atoms with van der Waals surface area (Å²) in [5.41, 5.74) is 0.500. The van der Waals surface area contributed by atoms with E-state index in [2.05, 4.69) is 31.0 Å². The third kappa shape index (κ3) is 3.48. The molecule has 2 heterocycles. The highest BCUT2D eigenvalue weighted by atomic mass is 15.2. The van der Waals surface area contributed by atoms with E-state index >= 15 is 0 Å². The molecule has 2 heteroatoms. The summed E-state index contributed by atoms with van der Waals surface area (Å²) >= 11 is 0. The molecule has 106 valence electrons. The highest BCUT2D eigenvalue weighted by molar-refractivity contribution is 4.92. The van der Waals surface area contributed by atoms with Gasteiger partial charge < -0.3 is 10.2 Å². The molecular formula is C16H32N2. The first kappa shape index (κ1) is 14.3. The van der Waals surface area contributed by atoms with Gasteiger partial charge in [0.2, 0.25) is 0 Å². The number of piperidine rings is 1. The zero-order valence-corrected chi connectivity index (χ0v) is 12.7. The Hall–Kier alpha value is -0.0800. The Morgan fingerprint density at radius 2 is 2.17 bits per heavy atom. The summed E-state index contributed by atoms with van der Waals surface area (Å²) in [5.74, 6) is 0.951. The van der Waals surface area contributed by atoms with E-state index in [0.717, 1.165) is 12.0 Å². The fourth-order valence-electron chi connectivity index (χ4n) is 3.84. The van der Waals surface area contributed by atoms with E-state index in [4.69, 9.17) is 0 Å². The highest BCUT2D eigenvalue weighted by Crippen LogP contribution is 2.32. The van der Waals surface area contributed by atoms with Gasteiger partial charge in [-0.1, -0.05) is 6.92 Å². The maximum Gasteiger partial charge on any atom is 0.0179 e. The van der Waals surface area contributed by atoms with Gasteiger partial charge in [0.25, 0.3) is 0 Å². The van der Waals surface area contributed by atoms with Crippen LogP contribution in [0.15, 0.2) is 0 Å². The van der Waals surface area contributed by atoms with Crippen LogP contribution in [-0.4, -0.2) is 36.1 Å². The van der Waals surface area contributed by atoms with E-state index in [1.165, 1.54) is 64.6 Å². The predicted octanol–water partition coefficient (Wildman–Crippen LogP) is 3.42. The van der Waals surface area contributed by atoms with Crippen molar-refractivity contribution in [2.75, 3.05) is 19.6 Å². The van der Waals surface area contributed by atoms with Crippen LogP contribution in [0.4, 0.5) is 0 Å². The number of nitrogens with one attached hydrogen (secondary N) is 1. The average Bonchev–Trinajstić information content (AvgIpc) is 2.86. The topological polar surface area (TPSA) is 15.3 Å². The first-order valence-corrected chi connectivity index (χ1v) is 8.14. The second-order valence-corrected chi connectivity index (χ2v) is 6.80. The summed E-state index contributed by atoms with van der Waals surface area (Å²) in [6, 6.07) is 0.734. The number of hydrogen-bond acceptors (Lipinski definition) is 2. The Labute approximate surface area is 114 Å². The molecule has 0 amide bonds. The zero-order valence-electron chi connectivity index (χ0n) is 12.7. The molecule has 0 radical (unpaired) electrons. The SMILES string of the molecule is CCC1(CCC2CCCN(C(C)C)C2)CCCN1. The van der Waals surface area contributed by atoms with E-state index in [-0.39, 0.29) is 0 Å². The van der Waals surface area contributed by atoms with Crippen molar-refractivity contribution in [1.29, 1.82) is 0 Å².